The summed E-state index contributed by atoms with van der Waals surface area (Å²) < 4.78 is 27.0. The topological polar surface area (TPSA) is 79.3 Å². The van der Waals surface area contributed by atoms with Crippen molar-refractivity contribution in [1.82, 2.24) is 9.71 Å². The van der Waals surface area contributed by atoms with Crippen molar-refractivity contribution < 1.29 is 13.5 Å². The first-order valence-electron chi connectivity index (χ1n) is 6.50. The fourth-order valence-electron chi connectivity index (χ4n) is 1.97. The van der Waals surface area contributed by atoms with Crippen LogP contribution in [0.15, 0.2) is 29.6 Å². The van der Waals surface area contributed by atoms with Crippen molar-refractivity contribution in [1.29, 1.82) is 0 Å². The highest BCUT2D eigenvalue weighted by atomic mass is 32.2. The Labute approximate surface area is 128 Å². The minimum Gasteiger partial charge on any atom is -0.392 e. The SMILES string of the molecule is Cc1csc(C(C)NS(=O)(=O)Cc2cccc(CO)c2)n1. The average molecular weight is 326 g/mol. The van der Waals surface area contributed by atoms with Gasteiger partial charge in [0, 0.05) is 11.1 Å². The Morgan fingerprint density at radius 1 is 1.38 bits per heavy atom. The number of aliphatic hydroxyl groups is 1. The first kappa shape index (κ1) is 16.1. The maximum atomic E-state index is 12.2. The molecule has 0 saturated heterocycles. The summed E-state index contributed by atoms with van der Waals surface area (Å²) in [6.45, 7) is 3.55. The van der Waals surface area contributed by atoms with Crippen molar-refractivity contribution in [3.05, 3.63) is 51.5 Å². The molecule has 114 valence electrons. The smallest absolute Gasteiger partial charge is 0.216 e. The number of aliphatic hydroxyl groups excluding tert-OH is 1. The number of thiazole rings is 1. The average Bonchev–Trinajstić information content (AvgIpc) is 2.84. The summed E-state index contributed by atoms with van der Waals surface area (Å²) in [5.41, 5.74) is 2.24. The number of nitrogens with zero attached hydrogens (tertiary/aromatic N) is 1. The molecule has 1 aromatic carbocycles. The number of sulfonamides is 1. The van der Waals surface area contributed by atoms with Gasteiger partial charge >= 0.3 is 0 Å². The number of nitrogens with one attached hydrogen (secondary N) is 1. The molecule has 21 heavy (non-hydrogen) atoms. The third-order valence-corrected chi connectivity index (χ3v) is 5.47. The van der Waals surface area contributed by atoms with Gasteiger partial charge in [0.05, 0.1) is 18.4 Å². The molecule has 0 aliphatic heterocycles. The van der Waals surface area contributed by atoms with E-state index in [0.717, 1.165) is 10.7 Å². The molecule has 1 aromatic heterocycles. The predicted octanol–water partition coefficient (Wildman–Crippen LogP) is 2.12. The summed E-state index contributed by atoms with van der Waals surface area (Å²) in [4.78, 5) is 4.29. The van der Waals surface area contributed by atoms with E-state index in [1.54, 1.807) is 31.2 Å². The van der Waals surface area contributed by atoms with Crippen molar-refractivity contribution >= 4 is 21.4 Å². The molecule has 0 radical (unpaired) electrons. The van der Waals surface area contributed by atoms with Crippen LogP contribution in [0.3, 0.4) is 0 Å². The van der Waals surface area contributed by atoms with Gasteiger partial charge in [0.2, 0.25) is 10.0 Å². The van der Waals surface area contributed by atoms with Gasteiger partial charge in [-0.25, -0.2) is 18.1 Å². The number of aryl methyl sites for hydroxylation is 1. The molecule has 0 bridgehead atoms. The van der Waals surface area contributed by atoms with Crippen LogP contribution in [-0.4, -0.2) is 18.5 Å². The Kier molecular flexibility index (Phi) is 5.10. The normalized spacial score (nSPS) is 13.3. The van der Waals surface area contributed by atoms with E-state index in [4.69, 9.17) is 5.11 Å². The van der Waals surface area contributed by atoms with Gasteiger partial charge in [-0.2, -0.15) is 0 Å². The Morgan fingerprint density at radius 2 is 2.10 bits per heavy atom. The number of aromatic nitrogens is 1. The van der Waals surface area contributed by atoms with Gasteiger partial charge in [-0.05, 0) is 25.0 Å². The van der Waals surface area contributed by atoms with E-state index in [1.807, 2.05) is 12.3 Å². The van der Waals surface area contributed by atoms with Gasteiger partial charge in [-0.15, -0.1) is 11.3 Å². The van der Waals surface area contributed by atoms with Crippen molar-refractivity contribution in [2.24, 2.45) is 0 Å². The maximum Gasteiger partial charge on any atom is 0.216 e. The van der Waals surface area contributed by atoms with Gasteiger partial charge in [-0.1, -0.05) is 24.3 Å². The molecule has 5 nitrogen and oxygen atoms in total. The number of benzene rings is 1. The summed E-state index contributed by atoms with van der Waals surface area (Å²) in [6, 6.07) is 6.57. The second-order valence-electron chi connectivity index (χ2n) is 4.90. The Balaban J connectivity index is 2.07. The zero-order valence-corrected chi connectivity index (χ0v) is 13.5. The van der Waals surface area contributed by atoms with Crippen LogP contribution in [-0.2, 0) is 22.4 Å². The van der Waals surface area contributed by atoms with Gasteiger partial charge in [0.15, 0.2) is 0 Å². The third-order valence-electron chi connectivity index (χ3n) is 2.89. The molecule has 0 spiro atoms. The van der Waals surface area contributed by atoms with Crippen LogP contribution in [0.2, 0.25) is 0 Å². The molecular formula is C14H18N2O3S2. The summed E-state index contributed by atoms with van der Waals surface area (Å²) in [7, 11) is -3.46. The zero-order chi connectivity index (χ0) is 15.5. The Hall–Kier alpha value is -1.28. The van der Waals surface area contributed by atoms with Crippen molar-refractivity contribution in [2.45, 2.75) is 32.2 Å². The van der Waals surface area contributed by atoms with E-state index in [9.17, 15) is 8.42 Å². The number of rotatable bonds is 6. The van der Waals surface area contributed by atoms with Crippen LogP contribution in [0.1, 0.15) is 34.8 Å². The van der Waals surface area contributed by atoms with Crippen molar-refractivity contribution in [3.8, 4) is 0 Å². The highest BCUT2D eigenvalue weighted by Crippen LogP contribution is 2.19. The van der Waals surface area contributed by atoms with Gasteiger partial charge in [0.25, 0.3) is 0 Å². The standard InChI is InChI=1S/C14H18N2O3S2/c1-10-8-20-14(15-10)11(2)16-21(18,19)9-13-5-3-4-12(6-13)7-17/h3-6,8,11,16-17H,7,9H2,1-2H3. The van der Waals surface area contributed by atoms with Crippen molar-refractivity contribution in [2.75, 3.05) is 0 Å². The largest absolute Gasteiger partial charge is 0.392 e. The van der Waals surface area contributed by atoms with E-state index in [2.05, 4.69) is 9.71 Å². The van der Waals surface area contributed by atoms with E-state index in [0.29, 0.717) is 11.1 Å². The first-order chi connectivity index (χ1) is 9.89. The second-order valence-corrected chi connectivity index (χ2v) is 7.55. The number of hydrogen-bond acceptors (Lipinski definition) is 5. The molecule has 0 fully saturated rings. The van der Waals surface area contributed by atoms with E-state index in [1.165, 1.54) is 11.3 Å². The lowest BCUT2D eigenvalue weighted by atomic mass is 10.1. The molecular weight excluding hydrogens is 308 g/mol. The zero-order valence-electron chi connectivity index (χ0n) is 11.9. The molecule has 0 aliphatic carbocycles. The van der Waals surface area contributed by atoms with Crippen LogP contribution in [0.4, 0.5) is 0 Å². The Morgan fingerprint density at radius 3 is 2.71 bits per heavy atom. The predicted molar refractivity (Wildman–Crippen MR) is 83.4 cm³/mol. The molecule has 2 aromatic rings. The minimum absolute atomic E-state index is 0.101. The number of hydrogen-bond donors (Lipinski definition) is 2. The van der Waals surface area contributed by atoms with Crippen LogP contribution in [0.5, 0.6) is 0 Å². The summed E-state index contributed by atoms with van der Waals surface area (Å²) in [5.74, 6) is -0.116. The summed E-state index contributed by atoms with van der Waals surface area (Å²) in [5, 5.41) is 11.7. The van der Waals surface area contributed by atoms with Crippen LogP contribution in [0.25, 0.3) is 0 Å². The fourth-order valence-corrected chi connectivity index (χ4v) is 4.20. The Bertz CT molecular complexity index is 711. The lowest BCUT2D eigenvalue weighted by Gasteiger charge is -2.12. The van der Waals surface area contributed by atoms with E-state index in [-0.39, 0.29) is 18.4 Å². The quantitative estimate of drug-likeness (QED) is 0.852. The second kappa shape index (κ2) is 6.65. The highest BCUT2D eigenvalue weighted by Gasteiger charge is 2.18. The molecule has 2 N–H and O–H groups in total. The van der Waals surface area contributed by atoms with Crippen LogP contribution < -0.4 is 4.72 Å². The first-order valence-corrected chi connectivity index (χ1v) is 9.03. The van der Waals surface area contributed by atoms with E-state index < -0.39 is 10.0 Å². The van der Waals surface area contributed by atoms with Crippen LogP contribution >= 0.6 is 11.3 Å². The van der Waals surface area contributed by atoms with Gasteiger partial charge < -0.3 is 5.11 Å². The lowest BCUT2D eigenvalue weighted by Crippen LogP contribution is -2.28. The monoisotopic (exact) mass is 326 g/mol. The lowest BCUT2D eigenvalue weighted by molar-refractivity contribution is 0.282. The molecule has 1 heterocycles. The molecule has 2 rings (SSSR count). The van der Waals surface area contributed by atoms with Crippen molar-refractivity contribution in [3.63, 3.8) is 0 Å². The van der Waals surface area contributed by atoms with Gasteiger partial charge in [-0.3, -0.25) is 0 Å². The molecule has 1 unspecified atom stereocenters. The molecule has 0 amide bonds. The minimum atomic E-state index is -3.46. The third kappa shape index (κ3) is 4.60. The molecule has 1 atom stereocenters. The molecule has 0 saturated carbocycles. The van der Waals surface area contributed by atoms with E-state index >= 15 is 0 Å². The molecule has 0 aliphatic rings. The highest BCUT2D eigenvalue weighted by molar-refractivity contribution is 7.88. The van der Waals surface area contributed by atoms with Gasteiger partial charge in [0.1, 0.15) is 5.01 Å². The summed E-state index contributed by atoms with van der Waals surface area (Å²) in [6.07, 6.45) is 0. The molecule has 7 heteroatoms. The summed E-state index contributed by atoms with van der Waals surface area (Å²) >= 11 is 1.44. The van der Waals surface area contributed by atoms with Crippen LogP contribution in [0, 0.1) is 6.92 Å². The maximum absolute atomic E-state index is 12.2. The fraction of sp³-hybridized carbons (Fsp3) is 0.357.